The molecule has 0 rings (SSSR count). The van der Waals surface area contributed by atoms with Gasteiger partial charge < -0.3 is 4.74 Å². The van der Waals surface area contributed by atoms with Gasteiger partial charge in [-0.25, -0.2) is 0 Å². The maximum Gasteiger partial charge on any atom is 0.0616 e. The van der Waals surface area contributed by atoms with Gasteiger partial charge in [-0.05, 0) is 0 Å². The molecule has 0 saturated heterocycles. The van der Waals surface area contributed by atoms with E-state index in [1.54, 1.807) is 12.8 Å². The van der Waals surface area contributed by atoms with Gasteiger partial charge >= 0.3 is 0 Å². The van der Waals surface area contributed by atoms with Crippen molar-refractivity contribution in [3.05, 3.63) is 0 Å². The van der Waals surface area contributed by atoms with E-state index >= 15 is 0 Å². The number of rotatable bonds is 4. The van der Waals surface area contributed by atoms with E-state index in [1.807, 2.05) is 0 Å². The zero-order valence-corrected chi connectivity index (χ0v) is 8.68. The van der Waals surface area contributed by atoms with Crippen LogP contribution in [0.15, 0.2) is 0 Å². The normalized spacial score (nSPS) is 15.4. The Morgan fingerprint density at radius 2 is 2.25 bits per heavy atom. The molecule has 3 heteroatoms. The summed E-state index contributed by atoms with van der Waals surface area (Å²) in [6.45, 7) is 4.76. The highest BCUT2D eigenvalue weighted by molar-refractivity contribution is 6.68. The van der Waals surface area contributed by atoms with Crippen LogP contribution in [0.1, 0.15) is 0 Å². The fraction of sp³-hybridized carbons (Fsp3) is 1.00. The predicted octanol–water partition coefficient (Wildman–Crippen LogP) is 0.203. The maximum absolute atomic E-state index is 5.04. The lowest BCUT2D eigenvalue weighted by molar-refractivity contribution is 0.249. The third-order valence-corrected chi connectivity index (χ3v) is 8.39. The molecule has 1 atom stereocenters. The molecular formula is C5H16OSi2. The van der Waals surface area contributed by atoms with E-state index in [1.165, 1.54) is 0 Å². The first-order valence-electron chi connectivity index (χ1n) is 3.30. The third kappa shape index (κ3) is 4.55. The van der Waals surface area contributed by atoms with Crippen LogP contribution in [-0.4, -0.2) is 31.7 Å². The molecule has 0 aromatic carbocycles. The van der Waals surface area contributed by atoms with Crippen molar-refractivity contribution in [1.29, 1.82) is 0 Å². The number of hydrogen-bond acceptors (Lipinski definition) is 1. The molecule has 0 radical (unpaired) electrons. The van der Waals surface area contributed by atoms with Crippen LogP contribution in [0.2, 0.25) is 18.8 Å². The fourth-order valence-corrected chi connectivity index (χ4v) is 6.04. The molecule has 0 aliphatic rings. The molecule has 0 aliphatic carbocycles. The van der Waals surface area contributed by atoms with Crippen LogP contribution in [-0.2, 0) is 4.74 Å². The lowest BCUT2D eigenvalue weighted by Gasteiger charge is -2.03. The molecule has 0 amide bonds. The van der Waals surface area contributed by atoms with E-state index in [0.29, 0.717) is 9.52 Å². The summed E-state index contributed by atoms with van der Waals surface area (Å²) in [5.74, 6) is 0. The van der Waals surface area contributed by atoms with Gasteiger partial charge in [-0.15, -0.1) is 0 Å². The van der Waals surface area contributed by atoms with Crippen molar-refractivity contribution in [2.75, 3.05) is 13.3 Å². The minimum Gasteiger partial charge on any atom is -0.388 e. The van der Waals surface area contributed by atoms with Gasteiger partial charge in [-0.1, -0.05) is 18.8 Å². The summed E-state index contributed by atoms with van der Waals surface area (Å²) in [5, 5.41) is 0. The van der Waals surface area contributed by atoms with Crippen molar-refractivity contribution < 1.29 is 4.74 Å². The monoisotopic (exact) mass is 148 g/mol. The highest BCUT2D eigenvalue weighted by atomic mass is 28.3. The molecule has 0 aromatic heterocycles. The molecule has 0 aliphatic heterocycles. The summed E-state index contributed by atoms with van der Waals surface area (Å²) < 4.78 is 5.04. The highest BCUT2D eigenvalue weighted by Gasteiger charge is 1.99. The summed E-state index contributed by atoms with van der Waals surface area (Å²) in [6, 6.07) is 0. The molecule has 0 aromatic rings. The second-order valence-electron chi connectivity index (χ2n) is 2.35. The fourth-order valence-electron chi connectivity index (χ4n) is 0.861. The third-order valence-electron chi connectivity index (χ3n) is 1.23. The minimum atomic E-state index is -0.363. The Morgan fingerprint density at radius 1 is 1.62 bits per heavy atom. The van der Waals surface area contributed by atoms with E-state index in [2.05, 4.69) is 13.1 Å². The van der Waals surface area contributed by atoms with Gasteiger partial charge in [0.25, 0.3) is 0 Å². The van der Waals surface area contributed by atoms with Gasteiger partial charge in [0.05, 0.1) is 8.80 Å². The minimum absolute atomic E-state index is 0.328. The van der Waals surface area contributed by atoms with E-state index in [0.717, 1.165) is 6.23 Å². The first kappa shape index (κ1) is 8.39. The lowest BCUT2D eigenvalue weighted by Crippen LogP contribution is -2.16. The van der Waals surface area contributed by atoms with Crippen molar-refractivity contribution in [3.8, 4) is 0 Å². The number of hydrogen-bond donors (Lipinski definition) is 0. The van der Waals surface area contributed by atoms with Crippen LogP contribution >= 0.6 is 0 Å². The number of ether oxygens (including phenoxy) is 1. The van der Waals surface area contributed by atoms with Gasteiger partial charge in [0.15, 0.2) is 0 Å². The molecule has 1 unspecified atom stereocenters. The average Bonchev–Trinajstić information content (AvgIpc) is 1.68. The van der Waals surface area contributed by atoms with Crippen molar-refractivity contribution >= 4 is 18.3 Å². The van der Waals surface area contributed by atoms with Crippen molar-refractivity contribution in [3.63, 3.8) is 0 Å². The van der Waals surface area contributed by atoms with Crippen molar-refractivity contribution in [1.82, 2.24) is 0 Å². The zero-order chi connectivity index (χ0) is 6.41. The Balaban J connectivity index is 2.92. The lowest BCUT2D eigenvalue weighted by atomic mass is 11.5. The van der Waals surface area contributed by atoms with Gasteiger partial charge in [0.1, 0.15) is 0 Å². The zero-order valence-electron chi connectivity index (χ0n) is 6.11. The Hall–Kier alpha value is 0.394. The molecule has 50 valence electrons. The average molecular weight is 148 g/mol. The second-order valence-corrected chi connectivity index (χ2v) is 8.20. The Labute approximate surface area is 55.9 Å². The van der Waals surface area contributed by atoms with Crippen LogP contribution in [0.25, 0.3) is 0 Å². The van der Waals surface area contributed by atoms with Gasteiger partial charge in [-0.3, -0.25) is 0 Å². The summed E-state index contributed by atoms with van der Waals surface area (Å²) in [5.41, 5.74) is 1.56. The van der Waals surface area contributed by atoms with Crippen LogP contribution in [0.4, 0.5) is 0 Å². The molecule has 8 heavy (non-hydrogen) atoms. The first-order valence-corrected chi connectivity index (χ1v) is 8.50. The molecule has 0 N–H and O–H groups in total. The van der Waals surface area contributed by atoms with Gasteiger partial charge in [0, 0.05) is 22.9 Å². The molecule has 0 bridgehead atoms. The van der Waals surface area contributed by atoms with Crippen molar-refractivity contribution in [2.24, 2.45) is 0 Å². The summed E-state index contributed by atoms with van der Waals surface area (Å²) in [4.78, 5) is 0. The smallest absolute Gasteiger partial charge is 0.0616 e. The topological polar surface area (TPSA) is 9.23 Å². The Kier molecular flexibility index (Phi) is 5.80. The quantitative estimate of drug-likeness (QED) is 0.518. The SMILES string of the molecule is COC[SiH](C)C[SiH2]C. The summed E-state index contributed by atoms with van der Waals surface area (Å²) in [7, 11) is 1.77. The van der Waals surface area contributed by atoms with E-state index < -0.39 is 0 Å². The maximum atomic E-state index is 5.04. The largest absolute Gasteiger partial charge is 0.388 e. The van der Waals surface area contributed by atoms with Crippen LogP contribution in [0.3, 0.4) is 0 Å². The second kappa shape index (κ2) is 5.53. The molecule has 0 spiro atoms. The standard InChI is InChI=1S/C5H16OSi2/c1-6-4-8(3)5-7-2/h8H,4-5,7H2,1-3H3. The van der Waals surface area contributed by atoms with E-state index in [4.69, 9.17) is 4.74 Å². The van der Waals surface area contributed by atoms with Crippen LogP contribution < -0.4 is 0 Å². The van der Waals surface area contributed by atoms with Gasteiger partial charge in [0.2, 0.25) is 0 Å². The van der Waals surface area contributed by atoms with Crippen LogP contribution in [0, 0.1) is 0 Å². The molecule has 1 nitrogen and oxygen atoms in total. The first-order chi connectivity index (χ1) is 3.81. The summed E-state index contributed by atoms with van der Waals surface area (Å²) >= 11 is 0. The van der Waals surface area contributed by atoms with Crippen molar-refractivity contribution in [2.45, 2.75) is 18.8 Å². The Morgan fingerprint density at radius 3 is 2.62 bits per heavy atom. The molecule has 0 heterocycles. The van der Waals surface area contributed by atoms with E-state index in [-0.39, 0.29) is 8.80 Å². The van der Waals surface area contributed by atoms with Gasteiger partial charge in [-0.2, -0.15) is 0 Å². The van der Waals surface area contributed by atoms with E-state index in [9.17, 15) is 0 Å². The highest BCUT2D eigenvalue weighted by Crippen LogP contribution is 1.88. The predicted molar refractivity (Wildman–Crippen MR) is 44.1 cm³/mol. The Bertz CT molecular complexity index is 43.7. The molecular weight excluding hydrogens is 132 g/mol. The van der Waals surface area contributed by atoms with Crippen LogP contribution in [0.5, 0.6) is 0 Å². The molecule has 0 fully saturated rings. The summed E-state index contributed by atoms with van der Waals surface area (Å²) in [6.07, 6.45) is 1.08. The molecule has 0 saturated carbocycles. The number of methoxy groups -OCH3 is 1.